The van der Waals surface area contributed by atoms with Crippen molar-refractivity contribution in [1.82, 2.24) is 15.0 Å². The van der Waals surface area contributed by atoms with Gasteiger partial charge in [0.2, 0.25) is 0 Å². The molecule has 0 saturated carbocycles. The minimum absolute atomic E-state index is 0.394. The predicted molar refractivity (Wildman–Crippen MR) is 75.4 cm³/mol. The Morgan fingerprint density at radius 2 is 1.55 bits per heavy atom. The summed E-state index contributed by atoms with van der Waals surface area (Å²) < 4.78 is 0. The molecule has 0 radical (unpaired) electrons. The van der Waals surface area contributed by atoms with Crippen LogP contribution in [0.4, 0.5) is 0 Å². The van der Waals surface area contributed by atoms with Crippen LogP contribution in [0.2, 0.25) is 0 Å². The van der Waals surface area contributed by atoms with Gasteiger partial charge in [-0.25, -0.2) is 4.98 Å². The fourth-order valence-electron chi connectivity index (χ4n) is 1.99. The molecule has 0 fully saturated rings. The predicted octanol–water partition coefficient (Wildman–Crippen LogP) is 3.08. The van der Waals surface area contributed by atoms with Crippen LogP contribution in [0.5, 0.6) is 0 Å². The maximum Gasteiger partial charge on any atom is 0.148 e. The molecule has 0 aliphatic rings. The molecule has 4 heteroatoms. The molecule has 0 aliphatic heterocycles. The lowest BCUT2D eigenvalue weighted by Gasteiger charge is -2.06. The summed E-state index contributed by atoms with van der Waals surface area (Å²) in [5, 5.41) is 9.20. The van der Waals surface area contributed by atoms with Crippen LogP contribution >= 0.6 is 0 Å². The first-order chi connectivity index (χ1) is 9.88. The summed E-state index contributed by atoms with van der Waals surface area (Å²) in [5.74, 6) is 0. The average molecular weight is 258 g/mol. The van der Waals surface area contributed by atoms with Crippen LogP contribution in [-0.2, 0) is 0 Å². The minimum atomic E-state index is 0.394. The smallest absolute Gasteiger partial charge is 0.148 e. The van der Waals surface area contributed by atoms with Crippen LogP contribution in [0, 0.1) is 11.3 Å². The number of hydrogen-bond acceptors (Lipinski definition) is 4. The zero-order valence-corrected chi connectivity index (χ0v) is 10.6. The maximum atomic E-state index is 9.20. The molecule has 0 bridgehead atoms. The van der Waals surface area contributed by atoms with Crippen molar-refractivity contribution >= 4 is 0 Å². The van der Waals surface area contributed by atoms with E-state index in [1.54, 1.807) is 31.0 Å². The number of nitriles is 1. The SMILES string of the molecule is N#Cc1ncc(-c2cccnc2)cc1-c1cccnc1. The highest BCUT2D eigenvalue weighted by Crippen LogP contribution is 2.26. The van der Waals surface area contributed by atoms with E-state index in [0.717, 1.165) is 22.3 Å². The number of nitrogens with zero attached hydrogens (tertiary/aromatic N) is 4. The molecule has 94 valence electrons. The quantitative estimate of drug-likeness (QED) is 0.708. The number of hydrogen-bond donors (Lipinski definition) is 0. The van der Waals surface area contributed by atoms with E-state index in [9.17, 15) is 5.26 Å². The largest absolute Gasteiger partial charge is 0.264 e. The normalized spacial score (nSPS) is 9.95. The van der Waals surface area contributed by atoms with Crippen molar-refractivity contribution in [3.05, 3.63) is 67.0 Å². The first-order valence-corrected chi connectivity index (χ1v) is 6.09. The molecule has 20 heavy (non-hydrogen) atoms. The summed E-state index contributed by atoms with van der Waals surface area (Å²) in [6.07, 6.45) is 8.62. The van der Waals surface area contributed by atoms with Gasteiger partial charge < -0.3 is 0 Å². The van der Waals surface area contributed by atoms with Crippen molar-refractivity contribution in [1.29, 1.82) is 5.26 Å². The molecule has 3 aromatic heterocycles. The standard InChI is InChI=1S/C16H10N4/c17-8-16-15(13-4-2-6-19-10-13)7-14(11-20-16)12-3-1-5-18-9-12/h1-7,9-11H. The van der Waals surface area contributed by atoms with E-state index in [2.05, 4.69) is 21.0 Å². The second kappa shape index (κ2) is 5.29. The van der Waals surface area contributed by atoms with Crippen molar-refractivity contribution < 1.29 is 0 Å². The van der Waals surface area contributed by atoms with Crippen LogP contribution in [0.25, 0.3) is 22.3 Å². The van der Waals surface area contributed by atoms with Crippen molar-refractivity contribution in [2.75, 3.05) is 0 Å². The first kappa shape index (κ1) is 12.0. The molecule has 0 atom stereocenters. The van der Waals surface area contributed by atoms with Crippen molar-refractivity contribution in [3.8, 4) is 28.3 Å². The van der Waals surface area contributed by atoms with E-state index in [-0.39, 0.29) is 0 Å². The second-order valence-corrected chi connectivity index (χ2v) is 4.22. The molecule has 0 aromatic carbocycles. The van der Waals surface area contributed by atoms with Gasteiger partial charge in [-0.15, -0.1) is 0 Å². The monoisotopic (exact) mass is 258 g/mol. The highest BCUT2D eigenvalue weighted by Gasteiger charge is 2.09. The van der Waals surface area contributed by atoms with Crippen LogP contribution in [0.15, 0.2) is 61.3 Å². The van der Waals surface area contributed by atoms with Crippen molar-refractivity contribution in [2.45, 2.75) is 0 Å². The Hall–Kier alpha value is -3.06. The van der Waals surface area contributed by atoms with Gasteiger partial charge in [0.25, 0.3) is 0 Å². The van der Waals surface area contributed by atoms with E-state index in [0.29, 0.717) is 5.69 Å². The summed E-state index contributed by atoms with van der Waals surface area (Å²) >= 11 is 0. The summed E-state index contributed by atoms with van der Waals surface area (Å²) in [6, 6.07) is 11.7. The lowest BCUT2D eigenvalue weighted by molar-refractivity contribution is 1.25. The van der Waals surface area contributed by atoms with Crippen LogP contribution in [-0.4, -0.2) is 15.0 Å². The minimum Gasteiger partial charge on any atom is -0.264 e. The van der Waals surface area contributed by atoms with Gasteiger partial charge in [-0.3, -0.25) is 9.97 Å². The third-order valence-corrected chi connectivity index (χ3v) is 2.96. The lowest BCUT2D eigenvalue weighted by atomic mass is 10.0. The molecule has 4 nitrogen and oxygen atoms in total. The van der Waals surface area contributed by atoms with Gasteiger partial charge in [0.1, 0.15) is 11.8 Å². The van der Waals surface area contributed by atoms with Gasteiger partial charge in [-0.1, -0.05) is 12.1 Å². The van der Waals surface area contributed by atoms with E-state index in [1.807, 2.05) is 30.3 Å². The molecule has 0 aliphatic carbocycles. The van der Waals surface area contributed by atoms with Crippen molar-refractivity contribution in [2.24, 2.45) is 0 Å². The Balaban J connectivity index is 2.16. The van der Waals surface area contributed by atoms with E-state index in [1.165, 1.54) is 0 Å². The average Bonchev–Trinajstić information content (AvgIpc) is 2.56. The zero-order chi connectivity index (χ0) is 13.8. The second-order valence-electron chi connectivity index (χ2n) is 4.22. The fraction of sp³-hybridized carbons (Fsp3) is 0. The van der Waals surface area contributed by atoms with Gasteiger partial charge >= 0.3 is 0 Å². The molecule has 3 aromatic rings. The number of pyridine rings is 3. The van der Waals surface area contributed by atoms with Crippen molar-refractivity contribution in [3.63, 3.8) is 0 Å². The molecule has 0 amide bonds. The summed E-state index contributed by atoms with van der Waals surface area (Å²) in [7, 11) is 0. The first-order valence-electron chi connectivity index (χ1n) is 6.09. The third-order valence-electron chi connectivity index (χ3n) is 2.96. The molecule has 0 saturated heterocycles. The van der Waals surface area contributed by atoms with Crippen LogP contribution in [0.3, 0.4) is 0 Å². The fourth-order valence-corrected chi connectivity index (χ4v) is 1.99. The summed E-state index contributed by atoms with van der Waals surface area (Å²) in [6.45, 7) is 0. The highest BCUT2D eigenvalue weighted by molar-refractivity contribution is 5.74. The third kappa shape index (κ3) is 2.25. The van der Waals surface area contributed by atoms with Gasteiger partial charge in [0, 0.05) is 53.2 Å². The van der Waals surface area contributed by atoms with Crippen LogP contribution in [0.1, 0.15) is 5.69 Å². The molecular formula is C16H10N4. The highest BCUT2D eigenvalue weighted by atomic mass is 14.7. The lowest BCUT2D eigenvalue weighted by Crippen LogP contribution is -1.91. The van der Waals surface area contributed by atoms with Gasteiger partial charge in [0.15, 0.2) is 0 Å². The molecule has 3 heterocycles. The summed E-state index contributed by atoms with van der Waals surface area (Å²) in [5.41, 5.74) is 3.94. The van der Waals surface area contributed by atoms with Crippen LogP contribution < -0.4 is 0 Å². The van der Waals surface area contributed by atoms with E-state index >= 15 is 0 Å². The molecular weight excluding hydrogens is 248 g/mol. The Morgan fingerprint density at radius 3 is 2.15 bits per heavy atom. The maximum absolute atomic E-state index is 9.20. The Bertz CT molecular complexity index is 761. The summed E-state index contributed by atoms with van der Waals surface area (Å²) in [4.78, 5) is 12.4. The van der Waals surface area contributed by atoms with E-state index < -0.39 is 0 Å². The number of rotatable bonds is 2. The molecule has 0 spiro atoms. The molecule has 0 unspecified atom stereocenters. The molecule has 3 rings (SSSR count). The van der Waals surface area contributed by atoms with Gasteiger partial charge in [-0.2, -0.15) is 5.26 Å². The van der Waals surface area contributed by atoms with Gasteiger partial charge in [-0.05, 0) is 18.2 Å². The molecule has 0 N–H and O–H groups in total. The number of aromatic nitrogens is 3. The topological polar surface area (TPSA) is 62.5 Å². The Morgan fingerprint density at radius 1 is 0.850 bits per heavy atom. The van der Waals surface area contributed by atoms with Gasteiger partial charge in [0.05, 0.1) is 0 Å². The zero-order valence-electron chi connectivity index (χ0n) is 10.6. The van der Waals surface area contributed by atoms with E-state index in [4.69, 9.17) is 0 Å². The Labute approximate surface area is 116 Å². The Kier molecular flexibility index (Phi) is 3.17.